The lowest BCUT2D eigenvalue weighted by molar-refractivity contribution is -0.116. The molecule has 1 heterocycles. The second-order valence-electron chi connectivity index (χ2n) is 5.00. The summed E-state index contributed by atoms with van der Waals surface area (Å²) in [6.07, 6.45) is 3.47. The zero-order valence-corrected chi connectivity index (χ0v) is 12.2. The van der Waals surface area contributed by atoms with Crippen molar-refractivity contribution in [3.63, 3.8) is 0 Å². The number of nitrogens with zero attached hydrogens (tertiary/aromatic N) is 3. The molecular weight excluding hydrogens is 240 g/mol. The topological polar surface area (TPSA) is 70.7 Å². The highest BCUT2D eigenvalue weighted by Gasteiger charge is 2.19. The first-order valence-electron chi connectivity index (χ1n) is 6.78. The van der Waals surface area contributed by atoms with E-state index in [1.165, 1.54) is 0 Å². The summed E-state index contributed by atoms with van der Waals surface area (Å²) in [5, 5.41) is 16.2. The number of nitriles is 1. The molecular formula is C14H22N4O. The number of unbranched alkanes of at least 4 members (excludes halogenated alkanes) is 2. The highest BCUT2D eigenvalue weighted by molar-refractivity contribution is 5.91. The van der Waals surface area contributed by atoms with Crippen LogP contribution in [0.5, 0.6) is 0 Å². The van der Waals surface area contributed by atoms with Gasteiger partial charge in [-0.05, 0) is 12.3 Å². The molecule has 0 fully saturated rings. The van der Waals surface area contributed by atoms with E-state index < -0.39 is 0 Å². The summed E-state index contributed by atoms with van der Waals surface area (Å²) >= 11 is 0. The van der Waals surface area contributed by atoms with E-state index in [0.29, 0.717) is 17.8 Å². The van der Waals surface area contributed by atoms with Gasteiger partial charge in [-0.15, -0.1) is 0 Å². The summed E-state index contributed by atoms with van der Waals surface area (Å²) in [5.74, 6) is 0.506. The minimum Gasteiger partial charge on any atom is -0.308 e. The van der Waals surface area contributed by atoms with E-state index in [0.717, 1.165) is 25.0 Å². The lowest BCUT2D eigenvalue weighted by Crippen LogP contribution is -2.12. The molecule has 1 aromatic rings. The third-order valence-electron chi connectivity index (χ3n) is 3.02. The summed E-state index contributed by atoms with van der Waals surface area (Å²) in [7, 11) is 1.79. The molecule has 0 atom stereocenters. The lowest BCUT2D eigenvalue weighted by atomic mass is 10.1. The zero-order valence-electron chi connectivity index (χ0n) is 12.2. The third-order valence-corrected chi connectivity index (χ3v) is 3.02. The Hall–Kier alpha value is -1.83. The summed E-state index contributed by atoms with van der Waals surface area (Å²) in [6, 6.07) is 2.14. The van der Waals surface area contributed by atoms with Crippen molar-refractivity contribution in [2.45, 2.75) is 52.4 Å². The molecule has 0 aromatic carbocycles. The van der Waals surface area contributed by atoms with Crippen molar-refractivity contribution in [2.75, 3.05) is 5.32 Å². The molecule has 1 amide bonds. The molecule has 0 bridgehead atoms. The molecule has 19 heavy (non-hydrogen) atoms. The third kappa shape index (κ3) is 3.82. The van der Waals surface area contributed by atoms with Crippen LogP contribution in [0.3, 0.4) is 0 Å². The molecule has 0 aliphatic heterocycles. The average Bonchev–Trinajstić information content (AvgIpc) is 2.65. The molecule has 5 heteroatoms. The molecule has 104 valence electrons. The van der Waals surface area contributed by atoms with E-state index in [1.807, 2.05) is 13.8 Å². The smallest absolute Gasteiger partial charge is 0.225 e. The molecule has 5 nitrogen and oxygen atoms in total. The van der Waals surface area contributed by atoms with Crippen molar-refractivity contribution in [3.8, 4) is 6.07 Å². The number of carbonyl (C=O) groups is 1. The zero-order chi connectivity index (χ0) is 14.4. The fraction of sp³-hybridized carbons (Fsp3) is 0.643. The summed E-state index contributed by atoms with van der Waals surface area (Å²) in [5.41, 5.74) is 1.33. The maximum absolute atomic E-state index is 11.8. The van der Waals surface area contributed by atoms with Crippen LogP contribution in [0, 0.1) is 11.3 Å². The van der Waals surface area contributed by atoms with Crippen LogP contribution in [-0.4, -0.2) is 15.7 Å². The Kier molecular flexibility index (Phi) is 5.56. The minimum absolute atomic E-state index is 0.0710. The number of anilines is 1. The summed E-state index contributed by atoms with van der Waals surface area (Å²) in [4.78, 5) is 11.8. The Morgan fingerprint density at radius 2 is 2.16 bits per heavy atom. The first-order chi connectivity index (χ1) is 9.01. The Balaban J connectivity index is 2.82. The molecule has 0 saturated carbocycles. The van der Waals surface area contributed by atoms with Crippen LogP contribution in [0.4, 0.5) is 5.82 Å². The fourth-order valence-corrected chi connectivity index (χ4v) is 2.13. The number of aryl methyl sites for hydroxylation is 1. The SMILES string of the molecule is CCCCCC(=O)Nc1nn(C)c(C(C)C)c1C#N. The van der Waals surface area contributed by atoms with Crippen molar-refractivity contribution in [3.05, 3.63) is 11.3 Å². The van der Waals surface area contributed by atoms with E-state index >= 15 is 0 Å². The number of hydrogen-bond acceptors (Lipinski definition) is 3. The largest absolute Gasteiger partial charge is 0.308 e. The Morgan fingerprint density at radius 3 is 2.68 bits per heavy atom. The standard InChI is InChI=1S/C14H22N4O/c1-5-6-7-8-12(19)16-14-11(9-15)13(10(2)3)18(4)17-14/h10H,5-8H2,1-4H3,(H,16,17,19). The first-order valence-corrected chi connectivity index (χ1v) is 6.78. The molecule has 1 aromatic heterocycles. The first kappa shape index (κ1) is 15.2. The van der Waals surface area contributed by atoms with Gasteiger partial charge in [-0.3, -0.25) is 9.48 Å². The Labute approximate surface area is 114 Å². The minimum atomic E-state index is -0.0710. The van der Waals surface area contributed by atoms with Gasteiger partial charge in [0.2, 0.25) is 5.91 Å². The molecule has 0 saturated heterocycles. The van der Waals surface area contributed by atoms with Crippen LogP contribution in [0.2, 0.25) is 0 Å². The molecule has 1 rings (SSSR count). The second-order valence-corrected chi connectivity index (χ2v) is 5.00. The van der Waals surface area contributed by atoms with Crippen LogP contribution >= 0.6 is 0 Å². The van der Waals surface area contributed by atoms with Gasteiger partial charge in [0.25, 0.3) is 0 Å². The number of nitrogens with one attached hydrogen (secondary N) is 1. The maximum atomic E-state index is 11.8. The molecule has 0 radical (unpaired) electrons. The molecule has 0 unspecified atom stereocenters. The van der Waals surface area contributed by atoms with Crippen molar-refractivity contribution < 1.29 is 4.79 Å². The van der Waals surface area contributed by atoms with E-state index in [9.17, 15) is 10.1 Å². The van der Waals surface area contributed by atoms with E-state index in [2.05, 4.69) is 23.4 Å². The maximum Gasteiger partial charge on any atom is 0.225 e. The number of amides is 1. The van der Waals surface area contributed by atoms with E-state index in [1.54, 1.807) is 11.7 Å². The molecule has 0 spiro atoms. The van der Waals surface area contributed by atoms with Crippen molar-refractivity contribution in [2.24, 2.45) is 7.05 Å². The molecule has 0 aliphatic carbocycles. The molecule has 1 N–H and O–H groups in total. The fourth-order valence-electron chi connectivity index (χ4n) is 2.13. The highest BCUT2D eigenvalue weighted by atomic mass is 16.1. The van der Waals surface area contributed by atoms with Crippen LogP contribution < -0.4 is 5.32 Å². The second kappa shape index (κ2) is 6.93. The van der Waals surface area contributed by atoms with Gasteiger partial charge in [0.05, 0.1) is 5.69 Å². The van der Waals surface area contributed by atoms with Gasteiger partial charge in [-0.2, -0.15) is 10.4 Å². The van der Waals surface area contributed by atoms with E-state index in [-0.39, 0.29) is 11.8 Å². The van der Waals surface area contributed by atoms with Crippen molar-refractivity contribution >= 4 is 11.7 Å². The van der Waals surface area contributed by atoms with Crippen LogP contribution in [-0.2, 0) is 11.8 Å². The quantitative estimate of drug-likeness (QED) is 0.801. The predicted molar refractivity (Wildman–Crippen MR) is 74.8 cm³/mol. The number of hydrogen-bond donors (Lipinski definition) is 1. The van der Waals surface area contributed by atoms with Gasteiger partial charge in [-0.1, -0.05) is 33.6 Å². The number of carbonyl (C=O) groups excluding carboxylic acids is 1. The van der Waals surface area contributed by atoms with Gasteiger partial charge in [-0.25, -0.2) is 0 Å². The normalized spacial score (nSPS) is 10.5. The van der Waals surface area contributed by atoms with Crippen molar-refractivity contribution in [1.82, 2.24) is 9.78 Å². The van der Waals surface area contributed by atoms with E-state index in [4.69, 9.17) is 0 Å². The Morgan fingerprint density at radius 1 is 1.47 bits per heavy atom. The summed E-state index contributed by atoms with van der Waals surface area (Å²) < 4.78 is 1.67. The lowest BCUT2D eigenvalue weighted by Gasteiger charge is -2.05. The average molecular weight is 262 g/mol. The molecule has 0 aliphatic rings. The van der Waals surface area contributed by atoms with Crippen LogP contribution in [0.1, 0.15) is 63.6 Å². The van der Waals surface area contributed by atoms with Gasteiger partial charge >= 0.3 is 0 Å². The number of rotatable bonds is 6. The highest BCUT2D eigenvalue weighted by Crippen LogP contribution is 2.24. The van der Waals surface area contributed by atoms with Crippen LogP contribution in [0.25, 0.3) is 0 Å². The van der Waals surface area contributed by atoms with Gasteiger partial charge in [0.15, 0.2) is 5.82 Å². The number of aromatic nitrogens is 2. The van der Waals surface area contributed by atoms with Gasteiger partial charge < -0.3 is 5.32 Å². The predicted octanol–water partition coefficient (Wildman–Crippen LogP) is 2.93. The van der Waals surface area contributed by atoms with Crippen molar-refractivity contribution in [1.29, 1.82) is 5.26 Å². The monoisotopic (exact) mass is 262 g/mol. The van der Waals surface area contributed by atoms with Gasteiger partial charge in [0.1, 0.15) is 11.6 Å². The van der Waals surface area contributed by atoms with Gasteiger partial charge in [0, 0.05) is 13.5 Å². The van der Waals surface area contributed by atoms with Crippen LogP contribution in [0.15, 0.2) is 0 Å². The summed E-state index contributed by atoms with van der Waals surface area (Å²) in [6.45, 7) is 6.11. The Bertz CT molecular complexity index is 482.